The quantitative estimate of drug-likeness (QED) is 0.669. The van der Waals surface area contributed by atoms with Gasteiger partial charge in [-0.2, -0.15) is 5.10 Å². The van der Waals surface area contributed by atoms with Gasteiger partial charge >= 0.3 is 0 Å². The number of aromatic nitrogens is 2. The summed E-state index contributed by atoms with van der Waals surface area (Å²) in [4.78, 5) is 11.3. The smallest absolute Gasteiger partial charge is 0.265 e. The highest BCUT2D eigenvalue weighted by Gasteiger charge is 2.25. The highest BCUT2D eigenvalue weighted by atomic mass is 32.2. The third kappa shape index (κ3) is 2.81. The zero-order valence-electron chi connectivity index (χ0n) is 12.9. The highest BCUT2D eigenvalue weighted by molar-refractivity contribution is 7.92. The van der Waals surface area contributed by atoms with E-state index in [1.54, 1.807) is 30.3 Å². The number of carbonyl (C=O) groups excluding carboxylic acids is 1. The predicted molar refractivity (Wildman–Crippen MR) is 91.0 cm³/mol. The van der Waals surface area contributed by atoms with Crippen molar-refractivity contribution in [2.24, 2.45) is 0 Å². The van der Waals surface area contributed by atoms with E-state index in [0.29, 0.717) is 12.0 Å². The first kappa shape index (κ1) is 15.9. The Kier molecular flexibility index (Phi) is 4.18. The Balaban J connectivity index is 2.12. The van der Waals surface area contributed by atoms with Crippen LogP contribution in [0, 0.1) is 0 Å². The molecule has 0 saturated heterocycles. The maximum absolute atomic E-state index is 12.8. The third-order valence-electron chi connectivity index (χ3n) is 3.56. The van der Waals surface area contributed by atoms with Gasteiger partial charge in [0.1, 0.15) is 11.5 Å². The van der Waals surface area contributed by atoms with E-state index < -0.39 is 10.0 Å². The monoisotopic (exact) mass is 341 g/mol. The average molecular weight is 341 g/mol. The maximum Gasteiger partial charge on any atom is 0.265 e. The van der Waals surface area contributed by atoms with Crippen molar-refractivity contribution in [2.75, 3.05) is 11.4 Å². The number of para-hydroxylation sites is 1. The molecule has 7 heteroatoms. The van der Waals surface area contributed by atoms with E-state index in [1.807, 2.05) is 18.2 Å². The van der Waals surface area contributed by atoms with E-state index in [-0.39, 0.29) is 16.4 Å². The molecule has 0 atom stereocenters. The average Bonchev–Trinajstić information content (AvgIpc) is 3.07. The summed E-state index contributed by atoms with van der Waals surface area (Å²) in [5.41, 5.74) is 0.819. The molecule has 122 valence electrons. The zero-order valence-corrected chi connectivity index (χ0v) is 13.7. The summed E-state index contributed by atoms with van der Waals surface area (Å²) in [6, 6.07) is 18.6. The number of benzene rings is 2. The van der Waals surface area contributed by atoms with E-state index in [4.69, 9.17) is 0 Å². The molecule has 0 saturated carbocycles. The highest BCUT2D eigenvalue weighted by Crippen LogP contribution is 2.25. The minimum Gasteiger partial charge on any atom is -0.296 e. The summed E-state index contributed by atoms with van der Waals surface area (Å²) >= 11 is 0. The Morgan fingerprint density at radius 2 is 1.58 bits per heavy atom. The van der Waals surface area contributed by atoms with Gasteiger partial charge in [-0.1, -0.05) is 36.4 Å². The van der Waals surface area contributed by atoms with Crippen LogP contribution >= 0.6 is 0 Å². The van der Waals surface area contributed by atoms with Crippen LogP contribution in [0.2, 0.25) is 0 Å². The molecule has 3 rings (SSSR count). The fraction of sp³-hybridized carbons (Fsp3) is 0.0588. The minimum absolute atomic E-state index is 0.156. The lowest BCUT2D eigenvalue weighted by molar-refractivity contribution is 0.111. The van der Waals surface area contributed by atoms with E-state index in [1.165, 1.54) is 29.9 Å². The zero-order chi connectivity index (χ0) is 17.2. The van der Waals surface area contributed by atoms with Gasteiger partial charge in [0.05, 0.1) is 10.6 Å². The lowest BCUT2D eigenvalue weighted by Crippen LogP contribution is -2.28. The molecule has 0 aliphatic rings. The summed E-state index contributed by atoms with van der Waals surface area (Å²) < 4.78 is 28.2. The first-order chi connectivity index (χ1) is 11.5. The molecule has 6 nitrogen and oxygen atoms in total. The van der Waals surface area contributed by atoms with Crippen molar-refractivity contribution in [3.05, 3.63) is 72.4 Å². The molecule has 0 aliphatic carbocycles. The number of rotatable bonds is 5. The van der Waals surface area contributed by atoms with Crippen LogP contribution in [0.4, 0.5) is 5.82 Å². The molecule has 0 radical (unpaired) electrons. The van der Waals surface area contributed by atoms with Crippen molar-refractivity contribution in [1.82, 2.24) is 9.78 Å². The van der Waals surface area contributed by atoms with Crippen LogP contribution in [0.1, 0.15) is 10.5 Å². The Morgan fingerprint density at radius 3 is 2.17 bits per heavy atom. The molecule has 0 bridgehead atoms. The molecule has 0 spiro atoms. The fourth-order valence-electron chi connectivity index (χ4n) is 2.30. The molecule has 24 heavy (non-hydrogen) atoms. The molecule has 0 amide bonds. The standard InChI is InChI=1S/C17H15N3O3S/c1-19(24(22,23)16-10-6-3-7-11-16)17-12-14(13-21)18-20(17)15-8-4-2-5-9-15/h2-13H,1H3. The normalized spacial score (nSPS) is 11.2. The van der Waals surface area contributed by atoms with Crippen molar-refractivity contribution < 1.29 is 13.2 Å². The second kappa shape index (κ2) is 6.29. The molecule has 0 fully saturated rings. The Hall–Kier alpha value is -2.93. The molecule has 2 aromatic carbocycles. The lowest BCUT2D eigenvalue weighted by Gasteiger charge is -2.20. The van der Waals surface area contributed by atoms with Gasteiger partial charge in [-0.3, -0.25) is 9.10 Å². The van der Waals surface area contributed by atoms with Gasteiger partial charge in [-0.15, -0.1) is 0 Å². The maximum atomic E-state index is 12.8. The van der Waals surface area contributed by atoms with Crippen LogP contribution < -0.4 is 4.31 Å². The van der Waals surface area contributed by atoms with Crippen LogP contribution in [-0.4, -0.2) is 31.5 Å². The van der Waals surface area contributed by atoms with Crippen molar-refractivity contribution in [2.45, 2.75) is 4.90 Å². The largest absolute Gasteiger partial charge is 0.296 e. The molecule has 3 aromatic rings. The summed E-state index contributed by atoms with van der Waals surface area (Å²) in [5.74, 6) is 0.284. The Bertz CT molecular complexity index is 951. The van der Waals surface area contributed by atoms with Crippen LogP contribution in [0.25, 0.3) is 5.69 Å². The molecule has 0 N–H and O–H groups in total. The van der Waals surface area contributed by atoms with E-state index >= 15 is 0 Å². The van der Waals surface area contributed by atoms with Crippen molar-refractivity contribution >= 4 is 22.1 Å². The summed E-state index contributed by atoms with van der Waals surface area (Å²) in [6.07, 6.45) is 0.589. The molecular weight excluding hydrogens is 326 g/mol. The number of hydrogen-bond donors (Lipinski definition) is 0. The molecule has 1 heterocycles. The number of anilines is 1. The summed E-state index contributed by atoms with van der Waals surface area (Å²) in [7, 11) is -2.32. The van der Waals surface area contributed by atoms with Crippen LogP contribution in [-0.2, 0) is 10.0 Å². The molecular formula is C17H15N3O3S. The Morgan fingerprint density at radius 1 is 1.00 bits per heavy atom. The van der Waals surface area contributed by atoms with Gasteiger partial charge in [0, 0.05) is 13.1 Å². The summed E-state index contributed by atoms with van der Waals surface area (Å²) in [5, 5.41) is 4.17. The molecule has 1 aromatic heterocycles. The predicted octanol–water partition coefficient (Wildman–Crippen LogP) is 2.51. The second-order valence-electron chi connectivity index (χ2n) is 5.08. The summed E-state index contributed by atoms with van der Waals surface area (Å²) in [6.45, 7) is 0. The number of nitrogens with zero attached hydrogens (tertiary/aromatic N) is 3. The van der Waals surface area contributed by atoms with Gasteiger partial charge in [0.15, 0.2) is 6.29 Å². The molecule has 0 unspecified atom stereocenters. The fourth-order valence-corrected chi connectivity index (χ4v) is 3.50. The van der Waals surface area contributed by atoms with Crippen molar-refractivity contribution in [3.8, 4) is 5.69 Å². The number of hydrogen-bond acceptors (Lipinski definition) is 4. The second-order valence-corrected chi connectivity index (χ2v) is 7.05. The van der Waals surface area contributed by atoms with Gasteiger partial charge < -0.3 is 0 Å². The van der Waals surface area contributed by atoms with Crippen molar-refractivity contribution in [1.29, 1.82) is 0 Å². The van der Waals surface area contributed by atoms with Crippen LogP contribution in [0.5, 0.6) is 0 Å². The van der Waals surface area contributed by atoms with E-state index in [2.05, 4.69) is 5.10 Å². The van der Waals surface area contributed by atoms with E-state index in [9.17, 15) is 13.2 Å². The van der Waals surface area contributed by atoms with Crippen LogP contribution in [0.15, 0.2) is 71.6 Å². The van der Waals surface area contributed by atoms with Crippen molar-refractivity contribution in [3.63, 3.8) is 0 Å². The third-order valence-corrected chi connectivity index (χ3v) is 5.33. The first-order valence-corrected chi connectivity index (χ1v) is 8.62. The number of sulfonamides is 1. The lowest BCUT2D eigenvalue weighted by atomic mass is 10.3. The SMILES string of the molecule is CN(c1cc(C=O)nn1-c1ccccc1)S(=O)(=O)c1ccccc1. The van der Waals surface area contributed by atoms with Gasteiger partial charge in [-0.25, -0.2) is 13.1 Å². The van der Waals surface area contributed by atoms with Crippen LogP contribution in [0.3, 0.4) is 0 Å². The minimum atomic E-state index is -3.76. The van der Waals surface area contributed by atoms with Gasteiger partial charge in [0.2, 0.25) is 0 Å². The first-order valence-electron chi connectivity index (χ1n) is 7.18. The Labute approximate surface area is 140 Å². The molecule has 0 aliphatic heterocycles. The topological polar surface area (TPSA) is 72.3 Å². The van der Waals surface area contributed by atoms with Gasteiger partial charge in [0.25, 0.3) is 10.0 Å². The number of aldehydes is 1. The number of carbonyl (C=O) groups is 1. The van der Waals surface area contributed by atoms with E-state index in [0.717, 1.165) is 4.31 Å². The van der Waals surface area contributed by atoms with Gasteiger partial charge in [-0.05, 0) is 24.3 Å².